The molecule has 1 N–H and O–H groups in total. The molecule has 2 unspecified atom stereocenters. The first kappa shape index (κ1) is 13.5. The highest BCUT2D eigenvalue weighted by molar-refractivity contribution is 5.76. The smallest absolute Gasteiger partial charge is 0.223 e. The number of nitrogens with zero attached hydrogens (tertiary/aromatic N) is 1. The number of carbonyl (C=O) groups is 1. The van der Waals surface area contributed by atoms with E-state index in [1.165, 1.54) is 19.3 Å². The molecule has 0 aromatic rings. The van der Waals surface area contributed by atoms with Crippen molar-refractivity contribution in [2.24, 2.45) is 5.92 Å². The lowest BCUT2D eigenvalue weighted by Crippen LogP contribution is -2.36. The fraction of sp³-hybridized carbons (Fsp3) is 0.923. The van der Waals surface area contributed by atoms with E-state index in [4.69, 9.17) is 0 Å². The van der Waals surface area contributed by atoms with Gasteiger partial charge in [0.15, 0.2) is 0 Å². The van der Waals surface area contributed by atoms with Gasteiger partial charge in [-0.2, -0.15) is 0 Å². The predicted octanol–water partition coefficient (Wildman–Crippen LogP) is 2.02. The summed E-state index contributed by atoms with van der Waals surface area (Å²) in [5.74, 6) is 1.00. The molecule has 3 heteroatoms. The van der Waals surface area contributed by atoms with E-state index in [-0.39, 0.29) is 0 Å². The summed E-state index contributed by atoms with van der Waals surface area (Å²) < 4.78 is 0. The van der Waals surface area contributed by atoms with Crippen molar-refractivity contribution in [1.29, 1.82) is 0 Å². The highest BCUT2D eigenvalue weighted by Crippen LogP contribution is 2.09. The van der Waals surface area contributed by atoms with Crippen LogP contribution in [-0.4, -0.2) is 36.5 Å². The summed E-state index contributed by atoms with van der Waals surface area (Å²) in [6.45, 7) is 9.42. The topological polar surface area (TPSA) is 32.3 Å². The quantitative estimate of drug-likeness (QED) is 0.751. The van der Waals surface area contributed by atoms with Gasteiger partial charge in [-0.1, -0.05) is 20.3 Å². The summed E-state index contributed by atoms with van der Waals surface area (Å²) in [6.07, 6.45) is 4.21. The molecule has 0 aliphatic carbocycles. The van der Waals surface area contributed by atoms with Gasteiger partial charge in [-0.3, -0.25) is 4.79 Å². The van der Waals surface area contributed by atoms with E-state index in [9.17, 15) is 4.79 Å². The lowest BCUT2D eigenvalue weighted by molar-refractivity contribution is -0.130. The molecule has 0 bridgehead atoms. The summed E-state index contributed by atoms with van der Waals surface area (Å²) in [5, 5.41) is 3.44. The molecular weight excluding hydrogens is 200 g/mol. The molecule has 1 rings (SSSR count). The number of hydrogen-bond donors (Lipinski definition) is 1. The van der Waals surface area contributed by atoms with Crippen LogP contribution in [0.15, 0.2) is 0 Å². The van der Waals surface area contributed by atoms with Gasteiger partial charge < -0.3 is 10.2 Å². The van der Waals surface area contributed by atoms with Crippen molar-refractivity contribution in [1.82, 2.24) is 10.2 Å². The largest absolute Gasteiger partial charge is 0.343 e. The van der Waals surface area contributed by atoms with Gasteiger partial charge in [-0.25, -0.2) is 0 Å². The Morgan fingerprint density at radius 2 is 1.94 bits per heavy atom. The van der Waals surface area contributed by atoms with E-state index in [0.717, 1.165) is 19.6 Å². The van der Waals surface area contributed by atoms with E-state index in [1.54, 1.807) is 0 Å². The lowest BCUT2D eigenvalue weighted by atomic mass is 10.0. The predicted molar refractivity (Wildman–Crippen MR) is 67.4 cm³/mol. The van der Waals surface area contributed by atoms with Gasteiger partial charge in [0.2, 0.25) is 5.91 Å². The highest BCUT2D eigenvalue weighted by atomic mass is 16.2. The normalized spacial score (nSPS) is 19.8. The number of likely N-dealkylation sites (tertiary alicyclic amines) is 1. The fourth-order valence-corrected chi connectivity index (χ4v) is 2.09. The lowest BCUT2D eigenvalue weighted by Gasteiger charge is -2.21. The van der Waals surface area contributed by atoms with Gasteiger partial charge >= 0.3 is 0 Å². The number of nitrogens with one attached hydrogen (secondary N) is 1. The maximum Gasteiger partial charge on any atom is 0.223 e. The molecule has 0 saturated carbocycles. The monoisotopic (exact) mass is 226 g/mol. The van der Waals surface area contributed by atoms with Crippen molar-refractivity contribution in [2.75, 3.05) is 19.6 Å². The van der Waals surface area contributed by atoms with Crippen molar-refractivity contribution in [3.8, 4) is 0 Å². The van der Waals surface area contributed by atoms with Gasteiger partial charge in [-0.05, 0) is 25.7 Å². The molecule has 1 fully saturated rings. The summed E-state index contributed by atoms with van der Waals surface area (Å²) in [7, 11) is 0. The number of carbonyl (C=O) groups excluding carboxylic acids is 1. The molecule has 1 amide bonds. The fourth-order valence-electron chi connectivity index (χ4n) is 2.09. The average molecular weight is 226 g/mol. The van der Waals surface area contributed by atoms with Crippen molar-refractivity contribution in [3.05, 3.63) is 0 Å². The second-order valence-electron chi connectivity index (χ2n) is 4.97. The molecular formula is C13H26N2O. The zero-order valence-electron chi connectivity index (χ0n) is 11.0. The third-order valence-corrected chi connectivity index (χ3v) is 3.76. The molecule has 0 aromatic carbocycles. The summed E-state index contributed by atoms with van der Waals surface area (Å²) in [4.78, 5) is 13.7. The standard InChI is InChI=1S/C13H26N2O/c1-4-11(2)12(3)14-8-7-13(16)15-9-5-6-10-15/h11-12,14H,4-10H2,1-3H3. The van der Waals surface area contributed by atoms with Crippen LogP contribution in [0.4, 0.5) is 0 Å². The van der Waals surface area contributed by atoms with Gasteiger partial charge in [-0.15, -0.1) is 0 Å². The SMILES string of the molecule is CCC(C)C(C)NCCC(=O)N1CCCC1. The van der Waals surface area contributed by atoms with Crippen LogP contribution in [0.3, 0.4) is 0 Å². The number of hydrogen-bond acceptors (Lipinski definition) is 2. The zero-order chi connectivity index (χ0) is 12.0. The molecule has 1 aliphatic heterocycles. The van der Waals surface area contributed by atoms with Gasteiger partial charge in [0.05, 0.1) is 0 Å². The molecule has 1 saturated heterocycles. The van der Waals surface area contributed by atoms with Crippen molar-refractivity contribution in [3.63, 3.8) is 0 Å². The van der Waals surface area contributed by atoms with Crippen LogP contribution in [0.2, 0.25) is 0 Å². The molecule has 0 radical (unpaired) electrons. The third kappa shape index (κ3) is 4.12. The van der Waals surface area contributed by atoms with Crippen LogP contribution in [0.5, 0.6) is 0 Å². The van der Waals surface area contributed by atoms with E-state index in [0.29, 0.717) is 24.3 Å². The molecule has 0 aromatic heterocycles. The van der Waals surface area contributed by atoms with Crippen molar-refractivity contribution >= 4 is 5.91 Å². The first-order valence-electron chi connectivity index (χ1n) is 6.66. The first-order chi connectivity index (χ1) is 7.65. The Hall–Kier alpha value is -0.570. The van der Waals surface area contributed by atoms with Gasteiger partial charge in [0.25, 0.3) is 0 Å². The van der Waals surface area contributed by atoms with Crippen LogP contribution in [0, 0.1) is 5.92 Å². The van der Waals surface area contributed by atoms with Crippen LogP contribution in [0.1, 0.15) is 46.5 Å². The molecule has 1 aliphatic rings. The Morgan fingerprint density at radius 1 is 1.31 bits per heavy atom. The summed E-state index contributed by atoms with van der Waals surface area (Å²) in [6, 6.07) is 0.511. The van der Waals surface area contributed by atoms with E-state index in [1.807, 2.05) is 4.90 Å². The Balaban J connectivity index is 2.12. The van der Waals surface area contributed by atoms with E-state index >= 15 is 0 Å². The van der Waals surface area contributed by atoms with Crippen LogP contribution >= 0.6 is 0 Å². The summed E-state index contributed by atoms with van der Waals surface area (Å²) in [5.41, 5.74) is 0. The van der Waals surface area contributed by atoms with Crippen LogP contribution < -0.4 is 5.32 Å². The molecule has 3 nitrogen and oxygen atoms in total. The Kier molecular flexibility index (Phi) is 5.81. The van der Waals surface area contributed by atoms with Gasteiger partial charge in [0.1, 0.15) is 0 Å². The Bertz CT molecular complexity index is 212. The minimum atomic E-state index is 0.321. The van der Waals surface area contributed by atoms with E-state index < -0.39 is 0 Å². The van der Waals surface area contributed by atoms with E-state index in [2.05, 4.69) is 26.1 Å². The van der Waals surface area contributed by atoms with Crippen LogP contribution in [-0.2, 0) is 4.79 Å². The Morgan fingerprint density at radius 3 is 2.50 bits per heavy atom. The second kappa shape index (κ2) is 6.89. The average Bonchev–Trinajstić information content (AvgIpc) is 2.81. The van der Waals surface area contributed by atoms with Crippen molar-refractivity contribution in [2.45, 2.75) is 52.5 Å². The first-order valence-corrected chi connectivity index (χ1v) is 6.66. The summed E-state index contributed by atoms with van der Waals surface area (Å²) >= 11 is 0. The minimum absolute atomic E-state index is 0.321. The van der Waals surface area contributed by atoms with Crippen molar-refractivity contribution < 1.29 is 4.79 Å². The molecule has 1 heterocycles. The molecule has 0 spiro atoms. The van der Waals surface area contributed by atoms with Gasteiger partial charge in [0, 0.05) is 32.1 Å². The number of rotatable bonds is 6. The molecule has 94 valence electrons. The molecule has 2 atom stereocenters. The Labute approximate surface area is 99.6 Å². The molecule has 16 heavy (non-hydrogen) atoms. The second-order valence-corrected chi connectivity index (χ2v) is 4.97. The maximum absolute atomic E-state index is 11.8. The third-order valence-electron chi connectivity index (χ3n) is 3.76. The number of amides is 1. The maximum atomic E-state index is 11.8. The minimum Gasteiger partial charge on any atom is -0.343 e. The zero-order valence-corrected chi connectivity index (χ0v) is 11.0. The highest BCUT2D eigenvalue weighted by Gasteiger charge is 2.17. The van der Waals surface area contributed by atoms with Crippen LogP contribution in [0.25, 0.3) is 0 Å².